The molecule has 9 nitrogen and oxygen atoms in total. The van der Waals surface area contributed by atoms with E-state index in [4.69, 9.17) is 2.74 Å². The fourth-order valence-corrected chi connectivity index (χ4v) is 19.4. The number of fused-ring (bicyclic) bond motifs is 11. The van der Waals surface area contributed by atoms with Gasteiger partial charge in [0.1, 0.15) is 28.2 Å². The maximum Gasteiger partial charge on any atom is 0.220 e. The summed E-state index contributed by atoms with van der Waals surface area (Å²) in [6, 6.07) is 90.8. The molecule has 10 aromatic carbocycles. The molecule has 0 radical (unpaired) electrons. The lowest BCUT2D eigenvalue weighted by molar-refractivity contribution is -0.665. The van der Waals surface area contributed by atoms with Gasteiger partial charge in [-0.1, -0.05) is 129 Å². The second-order valence-electron chi connectivity index (χ2n) is 33.8. The summed E-state index contributed by atoms with van der Waals surface area (Å²) in [4.78, 5) is 17.1. The largest absolute Gasteiger partial charge is 0.338 e. The fourth-order valence-electron chi connectivity index (χ4n) is 18.6. The molecule has 21 rings (SSSR count). The Hall–Kier alpha value is -13.8. The molecule has 10 heteroatoms. The van der Waals surface area contributed by atoms with E-state index in [9.17, 15) is 0 Å². The van der Waals surface area contributed by atoms with E-state index in [1.54, 1.807) is 23.6 Å². The van der Waals surface area contributed by atoms with Crippen molar-refractivity contribution >= 4 is 86.3 Å². The van der Waals surface area contributed by atoms with Gasteiger partial charge in [0, 0.05) is 162 Å². The van der Waals surface area contributed by atoms with Crippen LogP contribution >= 0.6 is 11.3 Å². The van der Waals surface area contributed by atoms with Crippen LogP contribution in [0.4, 0.5) is 0 Å². The van der Waals surface area contributed by atoms with Crippen LogP contribution < -0.4 is 18.3 Å². The second kappa shape index (κ2) is 32.4. The van der Waals surface area contributed by atoms with Gasteiger partial charge in [-0.3, -0.25) is 19.9 Å². The van der Waals surface area contributed by atoms with Crippen LogP contribution in [0.1, 0.15) is 92.6 Å². The molecule has 0 N–H and O–H groups in total. The van der Waals surface area contributed by atoms with Crippen molar-refractivity contribution in [3.05, 3.63) is 372 Å². The van der Waals surface area contributed by atoms with Gasteiger partial charge in [-0.2, -0.15) is 18.3 Å². The Bertz CT molecular complexity index is 7640. The topological polar surface area (TPSA) is 72.0 Å². The van der Waals surface area contributed by atoms with Crippen LogP contribution in [0.2, 0.25) is 0 Å². The Balaban J connectivity index is 0.000000113. The molecule has 122 heavy (non-hydrogen) atoms. The SMILES string of the molecule is Cc1cc2c(cc1-c1c3ccc(-c4cccnc4)cc3cc(C)[n+]1C)C(C)(C)c1ccccc1-2.Cc1cc2c3ccccc3n(C(C)C)c2cc1-c1c2ccc(-c3cccnc3)cc2cc(C)[n+]1C.Cc1cc2ccsc2cc1-c1c2ccc(-c3cccnc3)cc2cc(C)[n+]1C.[2H]c1cc([2H])c(C)c(-c2c3ccc(-c4cccnc4)cc3cc(C)[n+]2C)c1. The van der Waals surface area contributed by atoms with Gasteiger partial charge in [0.15, 0.2) is 22.8 Å². The molecule has 0 saturated carbocycles. The van der Waals surface area contributed by atoms with Crippen LogP contribution in [0, 0.1) is 55.4 Å². The van der Waals surface area contributed by atoms with E-state index >= 15 is 0 Å². The molecule has 1 aliphatic carbocycles. The van der Waals surface area contributed by atoms with Crippen molar-refractivity contribution in [3.63, 3.8) is 0 Å². The molecule has 0 bridgehead atoms. The Kier molecular flexibility index (Phi) is 20.4. The van der Waals surface area contributed by atoms with Crippen molar-refractivity contribution in [2.45, 2.75) is 94.5 Å². The zero-order valence-corrected chi connectivity index (χ0v) is 73.2. The average Bonchev–Trinajstić information content (AvgIpc) is 1.58. The quantitative estimate of drug-likeness (QED) is 0.135. The van der Waals surface area contributed by atoms with E-state index in [0.717, 1.165) is 61.1 Å². The average molecular weight is 1610 g/mol. The van der Waals surface area contributed by atoms with E-state index in [0.29, 0.717) is 18.1 Å². The van der Waals surface area contributed by atoms with Gasteiger partial charge in [0.05, 0.1) is 46.5 Å². The summed E-state index contributed by atoms with van der Waals surface area (Å²) in [6.45, 7) is 26.6. The van der Waals surface area contributed by atoms with Crippen molar-refractivity contribution in [1.82, 2.24) is 24.5 Å². The number of rotatable bonds is 9. The summed E-state index contributed by atoms with van der Waals surface area (Å²) < 4.78 is 29.2. The number of aryl methyl sites for hydroxylation is 7. The summed E-state index contributed by atoms with van der Waals surface area (Å²) in [5, 5.41) is 16.0. The highest BCUT2D eigenvalue weighted by molar-refractivity contribution is 7.17. The molecule has 0 atom stereocenters. The molecule has 596 valence electrons. The van der Waals surface area contributed by atoms with Crippen molar-refractivity contribution in [2.24, 2.45) is 28.2 Å². The van der Waals surface area contributed by atoms with Crippen LogP contribution in [-0.2, 0) is 33.6 Å². The number of hydrogen-bond acceptors (Lipinski definition) is 5. The smallest absolute Gasteiger partial charge is 0.220 e. The molecule has 0 saturated heterocycles. The highest BCUT2D eigenvalue weighted by Gasteiger charge is 2.37. The van der Waals surface area contributed by atoms with Crippen LogP contribution in [0.5, 0.6) is 0 Å². The zero-order valence-electron chi connectivity index (χ0n) is 74.4. The number of nitrogens with zero attached hydrogens (tertiary/aromatic N) is 9. The summed E-state index contributed by atoms with van der Waals surface area (Å²) >= 11 is 1.80. The number of pyridine rings is 8. The molecule has 0 fully saturated rings. The first-order chi connectivity index (χ1) is 59.9. The third-order valence-electron chi connectivity index (χ3n) is 25.4. The van der Waals surface area contributed by atoms with Gasteiger partial charge in [-0.25, -0.2) is 0 Å². The van der Waals surface area contributed by atoms with E-state index in [2.05, 4.69) is 358 Å². The van der Waals surface area contributed by atoms with E-state index < -0.39 is 0 Å². The number of benzene rings is 10. The van der Waals surface area contributed by atoms with E-state index in [1.807, 2.05) is 87.7 Å². The molecule has 0 spiro atoms. The fraction of sp³-hybridized carbons (Fsp3) is 0.161. The minimum atomic E-state index is -0.0138. The van der Waals surface area contributed by atoms with Crippen LogP contribution in [-0.4, -0.2) is 24.5 Å². The van der Waals surface area contributed by atoms with Crippen molar-refractivity contribution in [1.29, 1.82) is 0 Å². The third kappa shape index (κ3) is 14.4. The van der Waals surface area contributed by atoms with Crippen LogP contribution in [0.25, 0.3) is 176 Å². The summed E-state index contributed by atoms with van der Waals surface area (Å²) in [5.74, 6) is 0. The van der Waals surface area contributed by atoms with E-state index in [1.165, 1.54) is 171 Å². The molecule has 20 aromatic rings. The maximum atomic E-state index is 8.19. The molecule has 10 aromatic heterocycles. The Morgan fingerprint density at radius 3 is 1.20 bits per heavy atom. The lowest BCUT2D eigenvalue weighted by atomic mass is 9.81. The number of para-hydroxylation sites is 1. The van der Waals surface area contributed by atoms with Crippen LogP contribution in [0.15, 0.2) is 316 Å². The highest BCUT2D eigenvalue weighted by Crippen LogP contribution is 2.51. The van der Waals surface area contributed by atoms with Gasteiger partial charge in [-0.05, 0) is 262 Å². The predicted octanol–water partition coefficient (Wildman–Crippen LogP) is 26.3. The minimum Gasteiger partial charge on any atom is -0.338 e. The maximum absolute atomic E-state index is 8.19. The summed E-state index contributed by atoms with van der Waals surface area (Å²) in [7, 11) is 8.57. The van der Waals surface area contributed by atoms with E-state index in [-0.39, 0.29) is 5.41 Å². The predicted molar refractivity (Wildman–Crippen MR) is 509 cm³/mol. The number of aromatic nitrogens is 9. The first kappa shape index (κ1) is 76.8. The molecule has 0 amide bonds. The zero-order chi connectivity index (χ0) is 86.3. The summed E-state index contributed by atoms with van der Waals surface area (Å²) in [6.07, 6.45) is 14.9. The van der Waals surface area contributed by atoms with Gasteiger partial charge < -0.3 is 4.57 Å². The lowest BCUT2D eigenvalue weighted by Crippen LogP contribution is -2.35. The molecule has 1 aliphatic rings. The van der Waals surface area contributed by atoms with Gasteiger partial charge in [0.2, 0.25) is 22.8 Å². The normalized spacial score (nSPS) is 12.3. The molecule has 10 heterocycles. The third-order valence-corrected chi connectivity index (χ3v) is 26.3. The molecule has 0 unspecified atom stereocenters. The standard InChI is InChI=1S/C32H30N3.C32H29N2.C25H21N2S.C23H21N2/c1-20(2)35-30-11-7-6-10-27(30)29-15-21(3)28(18-31(29)35)32-26-13-12-23(24-9-8-14-33-19-24)17-25(26)16-22(4)34(32)5;1-20-15-28-26-10-6-7-11-29(26)32(3,4)30(28)18-27(20)31-25-13-12-22(23-9-8-14-33-19-23)17-24(25)16-21(2)34(31)5;1-16-11-19-8-10-28-24(19)14-23(16)25-22-7-6-18(20-5-4-9-26-15-20)13-21(22)12-17(2)27(25)3;1-16-7-4-5-9-21(16)23-22-11-10-18(19-8-6-12-24-15-19)14-20(22)13-17(2)25(23)3/h6-20H,1-5H3;6-19H,1-5H3;4-15H,1-3H3;4-15H,1-3H3/q4*+1/i;;;5D,7D. The molecular formula is C112H101N9S+4. The van der Waals surface area contributed by atoms with Crippen molar-refractivity contribution in [3.8, 4) is 101 Å². The van der Waals surface area contributed by atoms with Crippen molar-refractivity contribution in [2.75, 3.05) is 0 Å². The van der Waals surface area contributed by atoms with Crippen LogP contribution in [0.3, 0.4) is 0 Å². The monoisotopic (exact) mass is 1610 g/mol. The molecular weight excluding hydrogens is 1500 g/mol. The highest BCUT2D eigenvalue weighted by atomic mass is 32.1. The molecule has 0 aliphatic heterocycles. The number of thiophene rings is 1. The second-order valence-corrected chi connectivity index (χ2v) is 34.7. The Labute approximate surface area is 722 Å². The first-order valence-electron chi connectivity index (χ1n) is 43.1. The first-order valence-corrected chi connectivity index (χ1v) is 43.0. The lowest BCUT2D eigenvalue weighted by Gasteiger charge is -2.22. The van der Waals surface area contributed by atoms with Crippen molar-refractivity contribution < 1.29 is 21.0 Å². The Morgan fingerprint density at radius 1 is 0.320 bits per heavy atom. The van der Waals surface area contributed by atoms with Gasteiger partial charge in [0.25, 0.3) is 0 Å². The van der Waals surface area contributed by atoms with Gasteiger partial charge in [-0.15, -0.1) is 11.3 Å². The summed E-state index contributed by atoms with van der Waals surface area (Å²) in [5.41, 5.74) is 36.8. The minimum absolute atomic E-state index is 0.0138. The van der Waals surface area contributed by atoms with Gasteiger partial charge >= 0.3 is 0 Å². The Morgan fingerprint density at radius 2 is 0.738 bits per heavy atom. The number of hydrogen-bond donors (Lipinski definition) is 0.